The smallest absolute Gasteiger partial charge is 0.157 e. The van der Waals surface area contributed by atoms with Crippen LogP contribution in [0.5, 0.6) is 5.75 Å². The fourth-order valence-electron chi connectivity index (χ4n) is 4.03. The van der Waals surface area contributed by atoms with E-state index in [1.807, 2.05) is 31.2 Å². The molecule has 21 heavy (non-hydrogen) atoms. The van der Waals surface area contributed by atoms with Crippen molar-refractivity contribution in [3.63, 3.8) is 0 Å². The monoisotopic (exact) mass is 283 g/mol. The Bertz CT molecular complexity index is 558. The van der Waals surface area contributed by atoms with E-state index in [9.17, 15) is 10.1 Å². The topological polar surface area (TPSA) is 50.1 Å². The molecule has 0 spiro atoms. The third-order valence-electron chi connectivity index (χ3n) is 5.04. The molecule has 4 atom stereocenters. The first kappa shape index (κ1) is 14.1. The number of carbonyl (C=O) groups excluding carboxylic acids is 1. The zero-order valence-electron chi connectivity index (χ0n) is 12.4. The number of ether oxygens (including phenoxy) is 1. The van der Waals surface area contributed by atoms with Gasteiger partial charge in [-0.2, -0.15) is 5.26 Å². The van der Waals surface area contributed by atoms with Gasteiger partial charge in [0.15, 0.2) is 5.78 Å². The highest BCUT2D eigenvalue weighted by atomic mass is 16.5. The van der Waals surface area contributed by atoms with E-state index in [0.717, 1.165) is 23.7 Å². The average molecular weight is 283 g/mol. The van der Waals surface area contributed by atoms with E-state index in [-0.39, 0.29) is 11.7 Å². The van der Waals surface area contributed by atoms with Crippen molar-refractivity contribution in [3.8, 4) is 11.8 Å². The lowest BCUT2D eigenvalue weighted by atomic mass is 9.79. The van der Waals surface area contributed by atoms with Crippen LogP contribution in [0.25, 0.3) is 0 Å². The number of carbonyl (C=O) groups is 1. The van der Waals surface area contributed by atoms with Crippen LogP contribution in [-0.2, 0) is 4.79 Å². The van der Waals surface area contributed by atoms with Crippen LogP contribution >= 0.6 is 0 Å². The van der Waals surface area contributed by atoms with Gasteiger partial charge in [0, 0.05) is 5.92 Å². The molecule has 0 saturated heterocycles. The zero-order valence-corrected chi connectivity index (χ0v) is 12.4. The minimum Gasteiger partial charge on any atom is -0.494 e. The van der Waals surface area contributed by atoms with Crippen LogP contribution in [0.4, 0.5) is 0 Å². The van der Waals surface area contributed by atoms with Crippen molar-refractivity contribution in [2.24, 2.45) is 17.8 Å². The third kappa shape index (κ3) is 2.68. The van der Waals surface area contributed by atoms with Gasteiger partial charge >= 0.3 is 0 Å². The van der Waals surface area contributed by atoms with Gasteiger partial charge in [-0.15, -0.1) is 0 Å². The minimum absolute atomic E-state index is 0.111. The molecule has 0 N–H and O–H groups in total. The largest absolute Gasteiger partial charge is 0.494 e. The number of rotatable bonds is 5. The number of nitriles is 1. The summed E-state index contributed by atoms with van der Waals surface area (Å²) in [7, 11) is 0. The number of benzene rings is 1. The van der Waals surface area contributed by atoms with Crippen LogP contribution in [-0.4, -0.2) is 12.4 Å². The molecule has 1 aromatic rings. The molecular formula is C18H21NO2. The molecule has 3 nitrogen and oxygen atoms in total. The van der Waals surface area contributed by atoms with Gasteiger partial charge in [-0.25, -0.2) is 0 Å². The summed E-state index contributed by atoms with van der Waals surface area (Å²) in [6.07, 6.45) is 4.63. The number of fused-ring (bicyclic) bond motifs is 2. The quantitative estimate of drug-likeness (QED) is 0.828. The summed E-state index contributed by atoms with van der Waals surface area (Å²) in [5.74, 6) is 1.66. The maximum Gasteiger partial charge on any atom is 0.157 e. The van der Waals surface area contributed by atoms with Crippen molar-refractivity contribution >= 4 is 5.78 Å². The van der Waals surface area contributed by atoms with Gasteiger partial charge in [0.2, 0.25) is 0 Å². The molecule has 3 rings (SSSR count). The highest BCUT2D eigenvalue weighted by Crippen LogP contribution is 2.49. The molecule has 0 radical (unpaired) electrons. The summed E-state index contributed by atoms with van der Waals surface area (Å²) < 4.78 is 5.41. The molecule has 0 amide bonds. The molecule has 2 fully saturated rings. The summed E-state index contributed by atoms with van der Waals surface area (Å²) in [6.45, 7) is 2.55. The number of hydrogen-bond acceptors (Lipinski definition) is 3. The fraction of sp³-hybridized carbons (Fsp3) is 0.556. The molecule has 0 aliphatic heterocycles. The molecular weight excluding hydrogens is 262 g/mol. The van der Waals surface area contributed by atoms with E-state index in [0.29, 0.717) is 12.5 Å². The highest BCUT2D eigenvalue weighted by Gasteiger charge is 2.44. The summed E-state index contributed by atoms with van der Waals surface area (Å²) in [4.78, 5) is 12.7. The van der Waals surface area contributed by atoms with Crippen molar-refractivity contribution in [1.82, 2.24) is 0 Å². The van der Waals surface area contributed by atoms with Crippen molar-refractivity contribution in [1.29, 1.82) is 5.26 Å². The molecule has 2 aliphatic rings. The van der Waals surface area contributed by atoms with Crippen molar-refractivity contribution in [2.75, 3.05) is 6.61 Å². The summed E-state index contributed by atoms with van der Waals surface area (Å²) in [6, 6.07) is 9.61. The number of hydrogen-bond donors (Lipinski definition) is 0. The van der Waals surface area contributed by atoms with Gasteiger partial charge in [-0.3, -0.25) is 4.79 Å². The fourth-order valence-corrected chi connectivity index (χ4v) is 4.03. The van der Waals surface area contributed by atoms with E-state index >= 15 is 0 Å². The minimum atomic E-state index is -0.620. The Balaban J connectivity index is 1.75. The second-order valence-corrected chi connectivity index (χ2v) is 6.25. The Kier molecular flexibility index (Phi) is 3.96. The van der Waals surface area contributed by atoms with Crippen LogP contribution in [0, 0.1) is 29.1 Å². The molecule has 2 saturated carbocycles. The summed E-state index contributed by atoms with van der Waals surface area (Å²) in [5, 5.41) is 9.45. The third-order valence-corrected chi connectivity index (χ3v) is 5.04. The lowest BCUT2D eigenvalue weighted by Crippen LogP contribution is -2.26. The van der Waals surface area contributed by atoms with Crippen LogP contribution in [0.1, 0.15) is 44.1 Å². The van der Waals surface area contributed by atoms with E-state index in [4.69, 9.17) is 4.74 Å². The van der Waals surface area contributed by atoms with Crippen molar-refractivity contribution in [3.05, 3.63) is 29.8 Å². The molecule has 1 aromatic carbocycles. The van der Waals surface area contributed by atoms with Gasteiger partial charge in [0.25, 0.3) is 0 Å². The van der Waals surface area contributed by atoms with Gasteiger partial charge in [-0.05, 0) is 55.7 Å². The maximum absolute atomic E-state index is 12.7. The van der Waals surface area contributed by atoms with Crippen molar-refractivity contribution < 1.29 is 9.53 Å². The van der Waals surface area contributed by atoms with Gasteiger partial charge < -0.3 is 4.74 Å². The van der Waals surface area contributed by atoms with E-state index in [2.05, 4.69) is 6.07 Å². The predicted molar refractivity (Wildman–Crippen MR) is 79.9 cm³/mol. The van der Waals surface area contributed by atoms with Crippen LogP contribution in [0.2, 0.25) is 0 Å². The Morgan fingerprint density at radius 1 is 1.33 bits per heavy atom. The van der Waals surface area contributed by atoms with E-state index < -0.39 is 5.92 Å². The van der Waals surface area contributed by atoms with Crippen LogP contribution < -0.4 is 4.74 Å². The molecule has 0 aromatic heterocycles. The lowest BCUT2D eigenvalue weighted by molar-refractivity contribution is -0.124. The Morgan fingerprint density at radius 3 is 2.62 bits per heavy atom. The molecule has 2 aliphatic carbocycles. The lowest BCUT2D eigenvalue weighted by Gasteiger charge is -2.22. The van der Waals surface area contributed by atoms with Crippen LogP contribution in [0.3, 0.4) is 0 Å². The number of nitrogens with zero attached hydrogens (tertiary/aromatic N) is 1. The first-order valence-corrected chi connectivity index (χ1v) is 7.89. The Hall–Kier alpha value is -1.82. The molecule has 2 bridgehead atoms. The van der Waals surface area contributed by atoms with Gasteiger partial charge in [-0.1, -0.05) is 18.6 Å². The first-order chi connectivity index (χ1) is 10.2. The second-order valence-electron chi connectivity index (χ2n) is 6.25. The van der Waals surface area contributed by atoms with Gasteiger partial charge in [0.05, 0.1) is 12.7 Å². The van der Waals surface area contributed by atoms with Crippen molar-refractivity contribution in [2.45, 2.75) is 38.5 Å². The summed E-state index contributed by atoms with van der Waals surface area (Å²) in [5.41, 5.74) is 0.800. The van der Waals surface area contributed by atoms with E-state index in [1.165, 1.54) is 19.3 Å². The molecule has 0 heterocycles. The molecule has 110 valence electrons. The first-order valence-electron chi connectivity index (χ1n) is 7.89. The van der Waals surface area contributed by atoms with Gasteiger partial charge in [0.1, 0.15) is 11.7 Å². The standard InChI is InChI=1S/C18H21NO2/c1-2-21-15-7-5-13(6-8-15)17(11-19)18(20)16-10-12-3-4-14(16)9-12/h5-8,12,14,16-17H,2-4,9-10H2,1H3. The molecule has 4 unspecified atom stereocenters. The predicted octanol–water partition coefficient (Wildman–Crippen LogP) is 3.70. The van der Waals surface area contributed by atoms with E-state index in [1.54, 1.807) is 0 Å². The normalized spacial score (nSPS) is 28.1. The number of Topliss-reactive ketones (excluding diaryl/α,β-unsaturated/α-hetero) is 1. The Labute approximate surface area is 125 Å². The van der Waals surface area contributed by atoms with Crippen LogP contribution in [0.15, 0.2) is 24.3 Å². The molecule has 3 heteroatoms. The average Bonchev–Trinajstić information content (AvgIpc) is 3.12. The highest BCUT2D eigenvalue weighted by molar-refractivity contribution is 5.91. The maximum atomic E-state index is 12.7. The SMILES string of the molecule is CCOc1ccc(C(C#N)C(=O)C2CC3CCC2C3)cc1. The Morgan fingerprint density at radius 2 is 2.10 bits per heavy atom. The second kappa shape index (κ2) is 5.89. The zero-order chi connectivity index (χ0) is 14.8. The number of ketones is 1. The summed E-state index contributed by atoms with van der Waals surface area (Å²) >= 11 is 0.